The van der Waals surface area contributed by atoms with E-state index in [9.17, 15) is 9.90 Å². The molecule has 1 N–H and O–H groups in total. The first-order valence-corrected chi connectivity index (χ1v) is 6.32. The zero-order chi connectivity index (χ0) is 11.8. The number of carboxylic acid groups (broad SMARTS) is 1. The van der Waals surface area contributed by atoms with Gasteiger partial charge in [-0.3, -0.25) is 4.90 Å². The van der Waals surface area contributed by atoms with Crippen molar-refractivity contribution >= 4 is 6.09 Å². The Kier molecular flexibility index (Phi) is 2.54. The molecule has 2 unspecified atom stereocenters. The number of amides is 1. The molecule has 0 aromatic carbocycles. The molecular formula is C14H17NO2. The van der Waals surface area contributed by atoms with Crippen LogP contribution in [-0.2, 0) is 0 Å². The molecule has 0 bridgehead atoms. The van der Waals surface area contributed by atoms with E-state index in [1.165, 1.54) is 30.4 Å². The van der Waals surface area contributed by atoms with Gasteiger partial charge in [0, 0.05) is 6.54 Å². The molecule has 90 valence electrons. The first-order valence-electron chi connectivity index (χ1n) is 6.32. The monoisotopic (exact) mass is 231 g/mol. The molecule has 2 aliphatic carbocycles. The maximum Gasteiger partial charge on any atom is 0.408 e. The summed E-state index contributed by atoms with van der Waals surface area (Å²) in [4.78, 5) is 12.9. The molecule has 0 saturated heterocycles. The lowest BCUT2D eigenvalue weighted by Gasteiger charge is -2.34. The number of nitrogens with zero attached hydrogens (tertiary/aromatic N) is 1. The van der Waals surface area contributed by atoms with Gasteiger partial charge in [-0.2, -0.15) is 0 Å². The van der Waals surface area contributed by atoms with Crippen molar-refractivity contribution in [3.63, 3.8) is 0 Å². The standard InChI is InChI=1S/C14H17NO2/c16-14(17)15-7-2-1-4-12-8-10-5-3-6-11(10)9-13(12)15/h1-2,4,8,11,13H,3,5-7,9H2,(H,16,17). The molecular weight excluding hydrogens is 214 g/mol. The summed E-state index contributed by atoms with van der Waals surface area (Å²) in [6.07, 6.45) is 12.1. The minimum absolute atomic E-state index is 0.0642. The lowest BCUT2D eigenvalue weighted by atomic mass is 9.83. The van der Waals surface area contributed by atoms with Gasteiger partial charge < -0.3 is 5.11 Å². The van der Waals surface area contributed by atoms with Gasteiger partial charge in [-0.1, -0.05) is 29.9 Å². The van der Waals surface area contributed by atoms with Gasteiger partial charge in [0.05, 0.1) is 6.04 Å². The molecule has 2 atom stereocenters. The van der Waals surface area contributed by atoms with Crippen LogP contribution in [0.4, 0.5) is 4.79 Å². The summed E-state index contributed by atoms with van der Waals surface area (Å²) in [6.45, 7) is 0.510. The minimum Gasteiger partial charge on any atom is -0.465 e. The van der Waals surface area contributed by atoms with E-state index >= 15 is 0 Å². The zero-order valence-corrected chi connectivity index (χ0v) is 9.80. The number of hydrogen-bond donors (Lipinski definition) is 1. The van der Waals surface area contributed by atoms with Crippen molar-refractivity contribution in [2.45, 2.75) is 31.7 Å². The number of rotatable bonds is 0. The summed E-state index contributed by atoms with van der Waals surface area (Å²) in [5.41, 5.74) is 2.71. The molecule has 1 heterocycles. The van der Waals surface area contributed by atoms with E-state index in [0.29, 0.717) is 12.5 Å². The van der Waals surface area contributed by atoms with E-state index < -0.39 is 6.09 Å². The highest BCUT2D eigenvalue weighted by Gasteiger charge is 2.35. The van der Waals surface area contributed by atoms with Crippen LogP contribution in [0.25, 0.3) is 0 Å². The van der Waals surface area contributed by atoms with Crippen LogP contribution in [-0.4, -0.2) is 28.7 Å². The predicted molar refractivity (Wildman–Crippen MR) is 65.8 cm³/mol. The van der Waals surface area contributed by atoms with Gasteiger partial charge in [0.2, 0.25) is 0 Å². The lowest BCUT2D eigenvalue weighted by molar-refractivity contribution is 0.132. The first-order chi connectivity index (χ1) is 8.25. The Balaban J connectivity index is 1.96. The number of carbonyl (C=O) groups is 1. The van der Waals surface area contributed by atoms with Crippen molar-refractivity contribution < 1.29 is 9.90 Å². The number of hydrogen-bond acceptors (Lipinski definition) is 1. The normalized spacial score (nSPS) is 31.2. The highest BCUT2D eigenvalue weighted by Crippen LogP contribution is 2.41. The van der Waals surface area contributed by atoms with Crippen LogP contribution in [0.5, 0.6) is 0 Å². The summed E-state index contributed by atoms with van der Waals surface area (Å²) in [5, 5.41) is 9.29. The third kappa shape index (κ3) is 1.79. The molecule has 1 saturated carbocycles. The molecule has 3 heteroatoms. The summed E-state index contributed by atoms with van der Waals surface area (Å²) < 4.78 is 0. The van der Waals surface area contributed by atoms with Gasteiger partial charge in [0.15, 0.2) is 0 Å². The van der Waals surface area contributed by atoms with E-state index in [2.05, 4.69) is 12.2 Å². The van der Waals surface area contributed by atoms with Gasteiger partial charge >= 0.3 is 6.09 Å². The second-order valence-corrected chi connectivity index (χ2v) is 5.09. The molecule has 3 nitrogen and oxygen atoms in total. The molecule has 0 aromatic heterocycles. The molecule has 1 aliphatic heterocycles. The van der Waals surface area contributed by atoms with Gasteiger partial charge in [-0.25, -0.2) is 4.79 Å². The van der Waals surface area contributed by atoms with Crippen molar-refractivity contribution in [1.29, 1.82) is 0 Å². The van der Waals surface area contributed by atoms with E-state index in [0.717, 1.165) is 6.42 Å². The third-order valence-electron chi connectivity index (χ3n) is 4.14. The van der Waals surface area contributed by atoms with Crippen LogP contribution in [0.1, 0.15) is 25.7 Å². The molecule has 1 fully saturated rings. The molecule has 17 heavy (non-hydrogen) atoms. The third-order valence-corrected chi connectivity index (χ3v) is 4.14. The Morgan fingerprint density at radius 2 is 2.35 bits per heavy atom. The van der Waals surface area contributed by atoms with Crippen LogP contribution < -0.4 is 0 Å². The Bertz CT molecular complexity index is 434. The fourth-order valence-electron chi connectivity index (χ4n) is 3.28. The zero-order valence-electron chi connectivity index (χ0n) is 9.80. The molecule has 3 rings (SSSR count). The van der Waals surface area contributed by atoms with E-state index in [-0.39, 0.29) is 6.04 Å². The van der Waals surface area contributed by atoms with Crippen LogP contribution in [0, 0.1) is 5.92 Å². The highest BCUT2D eigenvalue weighted by atomic mass is 16.4. The van der Waals surface area contributed by atoms with Crippen molar-refractivity contribution in [1.82, 2.24) is 4.90 Å². The fourth-order valence-corrected chi connectivity index (χ4v) is 3.28. The average Bonchev–Trinajstić information content (AvgIpc) is 2.64. The smallest absolute Gasteiger partial charge is 0.408 e. The van der Waals surface area contributed by atoms with E-state index in [1.807, 2.05) is 12.2 Å². The molecule has 1 amide bonds. The van der Waals surface area contributed by atoms with Gasteiger partial charge in [-0.15, -0.1) is 0 Å². The Morgan fingerprint density at radius 3 is 3.18 bits per heavy atom. The Hall–Kier alpha value is -1.51. The van der Waals surface area contributed by atoms with E-state index in [4.69, 9.17) is 0 Å². The largest absolute Gasteiger partial charge is 0.465 e. The van der Waals surface area contributed by atoms with E-state index in [1.54, 1.807) is 4.90 Å². The summed E-state index contributed by atoms with van der Waals surface area (Å²) in [6, 6.07) is 0.0642. The second kappa shape index (κ2) is 4.06. The van der Waals surface area contributed by atoms with Crippen LogP contribution in [0.15, 0.2) is 35.5 Å². The minimum atomic E-state index is -0.803. The van der Waals surface area contributed by atoms with Gasteiger partial charge in [0.1, 0.15) is 0 Å². The van der Waals surface area contributed by atoms with Crippen molar-refractivity contribution in [3.05, 3.63) is 35.5 Å². The number of fused-ring (bicyclic) bond motifs is 2. The maximum atomic E-state index is 11.3. The maximum absolute atomic E-state index is 11.3. The number of allylic oxidation sites excluding steroid dienone is 3. The van der Waals surface area contributed by atoms with Crippen LogP contribution in [0.3, 0.4) is 0 Å². The van der Waals surface area contributed by atoms with Gasteiger partial charge in [0.25, 0.3) is 0 Å². The van der Waals surface area contributed by atoms with Crippen LogP contribution in [0.2, 0.25) is 0 Å². The molecule has 0 spiro atoms. The molecule has 0 radical (unpaired) electrons. The average molecular weight is 231 g/mol. The quantitative estimate of drug-likeness (QED) is 0.696. The summed E-state index contributed by atoms with van der Waals surface area (Å²) in [7, 11) is 0. The highest BCUT2D eigenvalue weighted by molar-refractivity contribution is 5.67. The predicted octanol–water partition coefficient (Wildman–Crippen LogP) is 2.96. The Morgan fingerprint density at radius 1 is 1.47 bits per heavy atom. The lowest BCUT2D eigenvalue weighted by Crippen LogP contribution is -2.42. The summed E-state index contributed by atoms with van der Waals surface area (Å²) in [5.74, 6) is 0.622. The second-order valence-electron chi connectivity index (χ2n) is 5.09. The van der Waals surface area contributed by atoms with Crippen molar-refractivity contribution in [3.8, 4) is 0 Å². The Labute approximate surface area is 101 Å². The summed E-state index contributed by atoms with van der Waals surface area (Å²) >= 11 is 0. The fraction of sp³-hybridized carbons (Fsp3) is 0.500. The van der Waals surface area contributed by atoms with Crippen LogP contribution >= 0.6 is 0 Å². The van der Waals surface area contributed by atoms with Gasteiger partial charge in [-0.05, 0) is 37.2 Å². The van der Waals surface area contributed by atoms with Crippen molar-refractivity contribution in [2.24, 2.45) is 5.92 Å². The first kappa shape index (κ1) is 10.6. The molecule has 0 aromatic rings. The topological polar surface area (TPSA) is 40.5 Å². The SMILES string of the molecule is O=C(O)N1CC=CC=C2C=C3CCCC3CC21. The molecule has 3 aliphatic rings. The van der Waals surface area contributed by atoms with Crippen molar-refractivity contribution in [2.75, 3.05) is 6.54 Å².